The van der Waals surface area contributed by atoms with Crippen LogP contribution in [-0.4, -0.2) is 118 Å². The maximum Gasteiger partial charge on any atom is 0.324 e. The molecule has 0 heterocycles. The number of esters is 1. The van der Waals surface area contributed by atoms with E-state index in [4.69, 9.17) is 47.8 Å². The van der Waals surface area contributed by atoms with Crippen LogP contribution in [0.2, 0.25) is 0 Å². The van der Waals surface area contributed by atoms with Crippen LogP contribution in [0.3, 0.4) is 0 Å². The Morgan fingerprint density at radius 3 is 1.00 bits per heavy atom. The fraction of sp³-hybridized carbons (Fsp3) is 0.571. The molecule has 0 amide bonds. The molecule has 196 valence electrons. The van der Waals surface area contributed by atoms with Crippen molar-refractivity contribution in [3.8, 4) is 0 Å². The summed E-state index contributed by atoms with van der Waals surface area (Å²) in [5.41, 5.74) is 28.4. The van der Waals surface area contributed by atoms with Crippen LogP contribution >= 0.6 is 0 Å². The summed E-state index contributed by atoms with van der Waals surface area (Å²) in [5, 5.41) is 46.9. The first-order valence-corrected chi connectivity index (χ1v) is 8.26. The third kappa shape index (κ3) is 52.7. The number of ether oxygens (including phenoxy) is 1. The van der Waals surface area contributed by atoms with Gasteiger partial charge in [0.1, 0.15) is 18.7 Å². The molecule has 0 aliphatic heterocycles. The van der Waals surface area contributed by atoms with Crippen molar-refractivity contribution in [2.45, 2.75) is 12.1 Å². The van der Waals surface area contributed by atoms with Crippen molar-refractivity contribution < 1.29 is 64.1 Å². The summed E-state index contributed by atoms with van der Waals surface area (Å²) in [7, 11) is 0. The van der Waals surface area contributed by atoms with Gasteiger partial charge in [-0.15, -0.1) is 0 Å². The second-order valence-electron chi connectivity index (χ2n) is 4.75. The number of rotatable bonds is 9. The van der Waals surface area contributed by atoms with E-state index in [0.29, 0.717) is 0 Å². The quantitative estimate of drug-likeness (QED) is 0.133. The van der Waals surface area contributed by atoms with Gasteiger partial charge in [-0.3, -0.25) is 28.8 Å². The summed E-state index contributed by atoms with van der Waals surface area (Å²) < 4.78 is 4.34. The minimum absolute atomic E-state index is 0.271. The lowest BCUT2D eigenvalue weighted by atomic mass is 10.3. The van der Waals surface area contributed by atoms with Crippen molar-refractivity contribution in [3.63, 3.8) is 0 Å². The zero-order valence-corrected chi connectivity index (χ0v) is 17.4. The fourth-order valence-corrected chi connectivity index (χ4v) is 0.391. The number of nitrogens with two attached hydrogens (primary N) is 6. The summed E-state index contributed by atoms with van der Waals surface area (Å²) in [4.78, 5) is 57.8. The number of carbonyl (C=O) groups is 6. The van der Waals surface area contributed by atoms with Gasteiger partial charge in [0, 0.05) is 0 Å². The molecule has 0 aliphatic carbocycles. The molecule has 0 radical (unpaired) electrons. The molecular formula is C14H32N6O13. The van der Waals surface area contributed by atoms with Crippen molar-refractivity contribution in [1.82, 2.24) is 0 Å². The third-order valence-corrected chi connectivity index (χ3v) is 1.95. The predicted octanol–water partition coefficient (Wildman–Crippen LogP) is -6.62. The second-order valence-corrected chi connectivity index (χ2v) is 4.75. The minimum atomic E-state index is -1.21. The van der Waals surface area contributed by atoms with Crippen molar-refractivity contribution >= 4 is 35.8 Å². The van der Waals surface area contributed by atoms with Crippen LogP contribution in [0, 0.1) is 0 Å². The lowest BCUT2D eigenvalue weighted by molar-refractivity contribution is -0.147. The predicted molar refractivity (Wildman–Crippen MR) is 108 cm³/mol. The van der Waals surface area contributed by atoms with Gasteiger partial charge >= 0.3 is 35.8 Å². The Morgan fingerprint density at radius 1 is 0.606 bits per heavy atom. The van der Waals surface area contributed by atoms with Crippen LogP contribution in [0.15, 0.2) is 0 Å². The first kappa shape index (κ1) is 40.0. The second kappa shape index (κ2) is 28.5. The fourth-order valence-electron chi connectivity index (χ4n) is 0.391. The van der Waals surface area contributed by atoms with E-state index < -0.39 is 54.5 Å². The van der Waals surface area contributed by atoms with Crippen LogP contribution in [0.5, 0.6) is 0 Å². The van der Waals surface area contributed by atoms with Gasteiger partial charge < -0.3 is 69.8 Å². The van der Waals surface area contributed by atoms with Crippen molar-refractivity contribution in [1.29, 1.82) is 0 Å². The third-order valence-electron chi connectivity index (χ3n) is 1.95. The molecule has 2 atom stereocenters. The van der Waals surface area contributed by atoms with Crippen LogP contribution in [0.1, 0.15) is 0 Å². The normalized spacial score (nSPS) is 10.3. The van der Waals surface area contributed by atoms with E-state index in [2.05, 4.69) is 21.9 Å². The Morgan fingerprint density at radius 2 is 0.879 bits per heavy atom. The van der Waals surface area contributed by atoms with Gasteiger partial charge in [-0.2, -0.15) is 0 Å². The molecule has 0 rings (SSSR count). The molecule has 0 aliphatic rings. The van der Waals surface area contributed by atoms with Gasteiger partial charge in [0.25, 0.3) is 0 Å². The van der Waals surface area contributed by atoms with Crippen LogP contribution in [0.4, 0.5) is 0 Å². The molecule has 0 bridgehead atoms. The standard InChI is InChI=1S/C5H10N2O4.C3H7NO3.3C2H5NO2/c6-1-4(8)11-2-3(7)5(9)10;4-2(1-5)3(6)7;3*3-1-2(4)5/h3H,1-2,6-7H2,(H,9,10);2,5H,1,4H2,(H,6,7);3*1,3H2,(H,4,5)/t3-;2-;;;/m00.../s1. The monoisotopic (exact) mass is 492 g/mol. The van der Waals surface area contributed by atoms with E-state index in [1.165, 1.54) is 0 Å². The number of carboxylic acids is 5. The smallest absolute Gasteiger partial charge is 0.324 e. The maximum atomic E-state index is 10.3. The highest BCUT2D eigenvalue weighted by molar-refractivity contribution is 5.75. The number of aliphatic carboxylic acids is 5. The summed E-state index contributed by atoms with van der Waals surface area (Å²) in [6.45, 7) is -1.95. The van der Waals surface area contributed by atoms with E-state index >= 15 is 0 Å². The Balaban J connectivity index is -0.000000104. The van der Waals surface area contributed by atoms with Gasteiger partial charge in [0.15, 0.2) is 0 Å². The average molecular weight is 492 g/mol. The van der Waals surface area contributed by atoms with Gasteiger partial charge in [0.05, 0.1) is 32.8 Å². The number of aliphatic hydroxyl groups is 1. The summed E-state index contributed by atoms with van der Waals surface area (Å²) >= 11 is 0. The summed E-state index contributed by atoms with van der Waals surface area (Å²) in [5.74, 6) is -5.96. The molecule has 19 nitrogen and oxygen atoms in total. The molecule has 0 aromatic heterocycles. The number of carboxylic acid groups (broad SMARTS) is 5. The van der Waals surface area contributed by atoms with Gasteiger partial charge in [-0.05, 0) is 0 Å². The lowest BCUT2D eigenvalue weighted by Gasteiger charge is -2.05. The van der Waals surface area contributed by atoms with Gasteiger partial charge in [0.2, 0.25) is 0 Å². The SMILES string of the molecule is NCC(=O)O.NCC(=O)O.NCC(=O)O.NCC(=O)OC[C@H](N)C(=O)O.N[C@@H](CO)C(=O)O. The average Bonchev–Trinajstić information content (AvgIpc) is 2.77. The largest absolute Gasteiger partial charge is 0.480 e. The van der Waals surface area contributed by atoms with E-state index in [9.17, 15) is 28.8 Å². The molecule has 0 aromatic rings. The van der Waals surface area contributed by atoms with E-state index in [1.54, 1.807) is 0 Å². The van der Waals surface area contributed by atoms with Crippen molar-refractivity contribution in [3.05, 3.63) is 0 Å². The highest BCUT2D eigenvalue weighted by Gasteiger charge is 2.13. The van der Waals surface area contributed by atoms with Crippen LogP contribution < -0.4 is 34.4 Å². The number of carbonyl (C=O) groups excluding carboxylic acids is 1. The lowest BCUT2D eigenvalue weighted by Crippen LogP contribution is -2.36. The molecule has 19 heteroatoms. The highest BCUT2D eigenvalue weighted by atomic mass is 16.5. The Labute approximate surface area is 186 Å². The number of hydrogen-bond acceptors (Lipinski definition) is 14. The molecule has 0 saturated carbocycles. The molecule has 18 N–H and O–H groups in total. The molecular weight excluding hydrogens is 460 g/mol. The topological polar surface area (TPSA) is 389 Å². The first-order valence-electron chi connectivity index (χ1n) is 8.26. The highest BCUT2D eigenvalue weighted by Crippen LogP contribution is 1.82. The molecule has 0 aromatic carbocycles. The van der Waals surface area contributed by atoms with E-state index in [0.717, 1.165) is 0 Å². The van der Waals surface area contributed by atoms with E-state index in [-0.39, 0.29) is 32.8 Å². The Hall–Kier alpha value is -3.46. The van der Waals surface area contributed by atoms with Crippen molar-refractivity contribution in [2.24, 2.45) is 34.4 Å². The molecule has 0 saturated heterocycles. The molecule has 0 unspecified atom stereocenters. The van der Waals surface area contributed by atoms with Gasteiger partial charge in [-0.25, -0.2) is 0 Å². The van der Waals surface area contributed by atoms with Crippen LogP contribution in [-0.2, 0) is 33.5 Å². The van der Waals surface area contributed by atoms with E-state index in [1.807, 2.05) is 0 Å². The number of hydrogen-bond donors (Lipinski definition) is 12. The first-order chi connectivity index (χ1) is 15.1. The summed E-state index contributed by atoms with van der Waals surface area (Å²) in [6.07, 6.45) is 0. The van der Waals surface area contributed by atoms with Gasteiger partial charge in [-0.1, -0.05) is 0 Å². The minimum Gasteiger partial charge on any atom is -0.480 e. The molecule has 33 heavy (non-hydrogen) atoms. The molecule has 0 fully saturated rings. The Kier molecular flexibility index (Phi) is 34.6. The zero-order valence-electron chi connectivity index (χ0n) is 17.4. The van der Waals surface area contributed by atoms with Crippen molar-refractivity contribution in [2.75, 3.05) is 39.4 Å². The van der Waals surface area contributed by atoms with Crippen LogP contribution in [0.25, 0.3) is 0 Å². The Bertz CT molecular complexity index is 543. The zero-order chi connectivity index (χ0) is 27.6. The maximum absolute atomic E-state index is 10.3. The number of aliphatic hydroxyl groups excluding tert-OH is 1. The summed E-state index contributed by atoms with van der Waals surface area (Å²) in [6, 6.07) is -2.30. The molecule has 0 spiro atoms.